The van der Waals surface area contributed by atoms with Crippen LogP contribution in [0.4, 0.5) is 9.05 Å². The van der Waals surface area contributed by atoms with Crippen LogP contribution in [0.5, 0.6) is 0 Å². The second-order valence-corrected chi connectivity index (χ2v) is 1.08. The molecule has 0 aromatic heterocycles. The zero-order chi connectivity index (χ0) is 10.1. The molecular weight excluding hydrogens is 209 g/mol. The van der Waals surface area contributed by atoms with Crippen molar-refractivity contribution in [2.24, 2.45) is 0 Å². The van der Waals surface area contributed by atoms with E-state index < -0.39 is 19.3 Å². The third-order valence-corrected chi connectivity index (χ3v) is 0.307. The van der Waals surface area contributed by atoms with E-state index in [9.17, 15) is 18.6 Å². The van der Waals surface area contributed by atoms with Crippen LogP contribution in [-0.4, -0.2) is 57.4 Å². The molecule has 11 heteroatoms. The van der Waals surface area contributed by atoms with Crippen LogP contribution < -0.4 is 0 Å². The van der Waals surface area contributed by atoms with Gasteiger partial charge in [0.05, 0.1) is 0 Å². The number of hydrogen-bond donors (Lipinski definition) is 3. The van der Waals surface area contributed by atoms with Crippen LogP contribution in [0.1, 0.15) is 2.85 Å². The summed E-state index contributed by atoms with van der Waals surface area (Å²) in [5, 5.41) is 21.5. The van der Waals surface area contributed by atoms with Crippen molar-refractivity contribution in [3.8, 4) is 0 Å². The number of halogens is 2. The van der Waals surface area contributed by atoms with Crippen LogP contribution in [0.3, 0.4) is 0 Å². The van der Waals surface area contributed by atoms with Gasteiger partial charge in [0.2, 0.25) is 0 Å². The molecule has 0 aromatic carbocycles. The van der Waals surface area contributed by atoms with Crippen LogP contribution in [0.2, 0.25) is 0 Å². The van der Waals surface area contributed by atoms with Crippen molar-refractivity contribution in [2.75, 3.05) is 0 Å². The van der Waals surface area contributed by atoms with E-state index in [4.69, 9.17) is 15.1 Å². The van der Waals surface area contributed by atoms with Gasteiger partial charge in [-0.25, -0.2) is 19.5 Å². The van der Waals surface area contributed by atoms with Gasteiger partial charge in [-0.3, -0.25) is 0 Å². The number of carbonyl (C=O) groups is 2. The predicted octanol–water partition coefficient (Wildman–Crippen LogP) is -2.37. The molecule has 0 aromatic rings. The van der Waals surface area contributed by atoms with Gasteiger partial charge in [-0.2, -0.15) is 0 Å². The smallest absolute Gasteiger partial charge is 1.00 e. The quantitative estimate of drug-likeness (QED) is 0.305. The second kappa shape index (κ2) is 11.5. The van der Waals surface area contributed by atoms with Crippen LogP contribution in [0.15, 0.2) is 0 Å². The Morgan fingerprint density at radius 1 is 1.08 bits per heavy atom. The van der Waals surface area contributed by atoms with Crippen molar-refractivity contribution in [1.29, 1.82) is 0 Å². The molecule has 0 heterocycles. The summed E-state index contributed by atoms with van der Waals surface area (Å²) in [7, 11) is -2.17. The first kappa shape index (κ1) is 18.3. The molecule has 3 N–H and O–H groups in total. The average molecular weight is 214 g/mol. The molecule has 0 fully saturated rings. The SMILES string of the molecule is O=C(OF)C(=O)OF.OB(O)O.[H-].[H-].[Mg+2]. The van der Waals surface area contributed by atoms with E-state index in [0.29, 0.717) is 0 Å². The number of rotatable bonds is 0. The topological polar surface area (TPSA) is 113 Å². The first-order valence-corrected chi connectivity index (χ1v) is 2.15. The molecule has 0 aliphatic carbocycles. The van der Waals surface area contributed by atoms with Gasteiger partial charge in [-0.1, -0.05) is 0 Å². The third-order valence-electron chi connectivity index (χ3n) is 0.307. The molecule has 0 rings (SSSR count). The summed E-state index contributed by atoms with van der Waals surface area (Å²) in [6.07, 6.45) is 0. The maximum absolute atomic E-state index is 10.5. The van der Waals surface area contributed by atoms with E-state index in [1.54, 1.807) is 0 Å². The zero-order valence-corrected chi connectivity index (χ0v) is 7.43. The molecule has 0 spiro atoms. The predicted molar refractivity (Wildman–Crippen MR) is 34.8 cm³/mol. The van der Waals surface area contributed by atoms with Gasteiger partial charge in [0.25, 0.3) is 0 Å². The van der Waals surface area contributed by atoms with E-state index in [1.165, 1.54) is 0 Å². The van der Waals surface area contributed by atoms with Crippen LogP contribution in [0.25, 0.3) is 0 Å². The molecule has 7 nitrogen and oxygen atoms in total. The van der Waals surface area contributed by atoms with E-state index in [0.717, 1.165) is 0 Å². The molecular formula is C2H5BF2MgO7. The molecule has 0 aliphatic heterocycles. The minimum atomic E-state index is -2.17. The van der Waals surface area contributed by atoms with E-state index >= 15 is 0 Å². The minimum Gasteiger partial charge on any atom is -1.00 e. The summed E-state index contributed by atoms with van der Waals surface area (Å²) in [4.78, 5) is 23.4. The number of hydrogen-bond acceptors (Lipinski definition) is 7. The summed E-state index contributed by atoms with van der Waals surface area (Å²) in [5.74, 6) is -4.04. The standard InChI is InChI=1S/C2F2O4.BH3O3.Mg.2H/c3-7-1(5)2(6)8-4;2-1(3)4;;;/h;2-4H;;;/q;;+2;2*-1. The molecule has 0 radical (unpaired) electrons. The van der Waals surface area contributed by atoms with Crippen LogP contribution >= 0.6 is 0 Å². The molecule has 13 heavy (non-hydrogen) atoms. The molecule has 0 atom stereocenters. The van der Waals surface area contributed by atoms with Crippen LogP contribution in [-0.2, 0) is 19.5 Å². The fourth-order valence-corrected chi connectivity index (χ4v) is 0.0630. The molecule has 0 unspecified atom stereocenters. The Balaban J connectivity index is -0.0000000424. The van der Waals surface area contributed by atoms with E-state index in [-0.39, 0.29) is 25.9 Å². The maximum atomic E-state index is 10.5. The normalized spacial score (nSPS) is 6.85. The second-order valence-electron chi connectivity index (χ2n) is 1.08. The number of carbonyl (C=O) groups excluding carboxylic acids is 2. The molecule has 74 valence electrons. The van der Waals surface area contributed by atoms with Crippen molar-refractivity contribution >= 4 is 42.3 Å². The molecule has 0 bridgehead atoms. The molecule has 0 saturated heterocycles. The Morgan fingerprint density at radius 3 is 1.31 bits per heavy atom. The van der Waals surface area contributed by atoms with Gasteiger partial charge in [0.1, 0.15) is 0 Å². The Bertz CT molecular complexity index is 145. The van der Waals surface area contributed by atoms with Crippen molar-refractivity contribution in [2.45, 2.75) is 0 Å². The fraction of sp³-hybridized carbons (Fsp3) is 0. The average Bonchev–Trinajstić information content (AvgIpc) is 2.00. The van der Waals surface area contributed by atoms with Crippen molar-refractivity contribution in [1.82, 2.24) is 0 Å². The van der Waals surface area contributed by atoms with Crippen molar-refractivity contribution in [3.63, 3.8) is 0 Å². The van der Waals surface area contributed by atoms with Gasteiger partial charge >= 0.3 is 42.3 Å². The fourth-order valence-electron chi connectivity index (χ4n) is 0.0630. The summed E-state index contributed by atoms with van der Waals surface area (Å²) < 4.78 is 21.0. The van der Waals surface area contributed by atoms with Gasteiger partial charge in [-0.15, -0.1) is 0 Å². The van der Waals surface area contributed by atoms with Gasteiger partial charge in [-0.05, 0) is 0 Å². The summed E-state index contributed by atoms with van der Waals surface area (Å²) >= 11 is 0. The largest absolute Gasteiger partial charge is 2.00 e. The first-order chi connectivity index (χ1) is 5.45. The van der Waals surface area contributed by atoms with E-state index in [2.05, 4.69) is 9.88 Å². The Kier molecular flexibility index (Phi) is 16.2. The molecule has 0 amide bonds. The molecule has 0 aliphatic rings. The van der Waals surface area contributed by atoms with Crippen molar-refractivity contribution in [3.05, 3.63) is 0 Å². The Labute approximate surface area is 89.3 Å². The van der Waals surface area contributed by atoms with E-state index in [1.807, 2.05) is 0 Å². The summed E-state index contributed by atoms with van der Waals surface area (Å²) in [6, 6.07) is 0. The zero-order valence-electron chi connectivity index (χ0n) is 8.02. The minimum absolute atomic E-state index is 0. The van der Waals surface area contributed by atoms with Gasteiger partial charge < -0.3 is 17.9 Å². The van der Waals surface area contributed by atoms with Gasteiger partial charge in [0, 0.05) is 9.05 Å². The summed E-state index contributed by atoms with van der Waals surface area (Å²) in [5.41, 5.74) is 0. The Morgan fingerprint density at radius 2 is 1.23 bits per heavy atom. The Hall–Kier alpha value is -0.489. The molecule has 0 saturated carbocycles. The summed E-state index contributed by atoms with van der Waals surface area (Å²) in [6.45, 7) is 0. The first-order valence-electron chi connectivity index (χ1n) is 2.15. The van der Waals surface area contributed by atoms with Gasteiger partial charge in [0.15, 0.2) is 0 Å². The van der Waals surface area contributed by atoms with Crippen LogP contribution in [0, 0.1) is 0 Å². The van der Waals surface area contributed by atoms with Crippen molar-refractivity contribution < 1.29 is 46.4 Å². The maximum Gasteiger partial charge on any atom is 2.00 e. The third kappa shape index (κ3) is 18.5. The monoisotopic (exact) mass is 214 g/mol.